The Morgan fingerprint density at radius 3 is 2.93 bits per heavy atom. The minimum absolute atomic E-state index is 0.0463. The second-order valence-corrected chi connectivity index (χ2v) is 5.83. The molecule has 28 heavy (non-hydrogen) atoms. The summed E-state index contributed by atoms with van der Waals surface area (Å²) in [6, 6.07) is 7.93. The third kappa shape index (κ3) is 3.63. The van der Waals surface area contributed by atoms with Gasteiger partial charge in [0, 0.05) is 12.1 Å². The zero-order valence-corrected chi connectivity index (χ0v) is 14.7. The first-order valence-electron chi connectivity index (χ1n) is 8.27. The number of nitrogens with zero attached hydrogens (tertiary/aromatic N) is 5. The molecule has 0 radical (unpaired) electrons. The van der Waals surface area contributed by atoms with Crippen molar-refractivity contribution in [3.63, 3.8) is 0 Å². The van der Waals surface area contributed by atoms with Gasteiger partial charge in [-0.05, 0) is 12.1 Å². The Kier molecular flexibility index (Phi) is 4.63. The molecule has 0 amide bonds. The van der Waals surface area contributed by atoms with Gasteiger partial charge >= 0.3 is 0 Å². The van der Waals surface area contributed by atoms with E-state index < -0.39 is 5.82 Å². The van der Waals surface area contributed by atoms with E-state index in [2.05, 4.69) is 20.1 Å². The highest BCUT2D eigenvalue weighted by atomic mass is 19.1. The Balaban J connectivity index is 1.67. The summed E-state index contributed by atoms with van der Waals surface area (Å²) in [5.74, 6) is 0.176. The van der Waals surface area contributed by atoms with E-state index in [0.29, 0.717) is 28.5 Å². The van der Waals surface area contributed by atoms with Crippen LogP contribution in [0.25, 0.3) is 5.65 Å². The second kappa shape index (κ2) is 7.39. The fourth-order valence-electron chi connectivity index (χ4n) is 2.68. The fourth-order valence-corrected chi connectivity index (χ4v) is 2.68. The number of fused-ring (bicyclic) bond motifs is 1. The molecule has 9 heteroatoms. The minimum atomic E-state index is -0.528. The zero-order valence-electron chi connectivity index (χ0n) is 14.7. The molecule has 0 aliphatic carbocycles. The fraction of sp³-hybridized carbons (Fsp3) is 0.105. The van der Waals surface area contributed by atoms with Crippen LogP contribution < -0.4 is 9.47 Å². The van der Waals surface area contributed by atoms with Gasteiger partial charge in [0.05, 0.1) is 43.4 Å². The lowest BCUT2D eigenvalue weighted by Crippen LogP contribution is -2.08. The van der Waals surface area contributed by atoms with Crippen molar-refractivity contribution in [1.29, 1.82) is 0 Å². The molecule has 4 rings (SSSR count). The first-order chi connectivity index (χ1) is 13.6. The Bertz CT molecular complexity index is 1160. The summed E-state index contributed by atoms with van der Waals surface area (Å²) < 4.78 is 25.5. The first kappa shape index (κ1) is 17.5. The van der Waals surface area contributed by atoms with Crippen molar-refractivity contribution < 1.29 is 18.7 Å². The van der Waals surface area contributed by atoms with Crippen molar-refractivity contribution in [2.45, 2.75) is 6.42 Å². The first-order valence-corrected chi connectivity index (χ1v) is 8.27. The van der Waals surface area contributed by atoms with E-state index in [1.165, 1.54) is 36.3 Å². The van der Waals surface area contributed by atoms with Gasteiger partial charge in [-0.2, -0.15) is 5.10 Å². The van der Waals surface area contributed by atoms with Crippen LogP contribution in [0.15, 0.2) is 55.2 Å². The molecule has 0 aliphatic rings. The second-order valence-electron chi connectivity index (χ2n) is 5.83. The van der Waals surface area contributed by atoms with Crippen LogP contribution in [0.3, 0.4) is 0 Å². The Morgan fingerprint density at radius 1 is 1.21 bits per heavy atom. The molecule has 0 saturated carbocycles. The summed E-state index contributed by atoms with van der Waals surface area (Å²) in [7, 11) is 1.51. The molecule has 4 aromatic heterocycles. The molecule has 0 unspecified atom stereocenters. The van der Waals surface area contributed by atoms with Crippen LogP contribution in [-0.2, 0) is 6.42 Å². The van der Waals surface area contributed by atoms with Crippen LogP contribution in [0.2, 0.25) is 0 Å². The smallest absolute Gasteiger partial charge is 0.213 e. The topological polar surface area (TPSA) is 91.5 Å². The third-order valence-corrected chi connectivity index (χ3v) is 3.90. The van der Waals surface area contributed by atoms with Crippen LogP contribution in [-0.4, -0.2) is 37.5 Å². The van der Waals surface area contributed by atoms with E-state index in [1.807, 2.05) is 0 Å². The maximum absolute atomic E-state index is 13.3. The number of ether oxygens (including phenoxy) is 2. The van der Waals surface area contributed by atoms with E-state index in [4.69, 9.17) is 9.47 Å². The zero-order chi connectivity index (χ0) is 19.5. The van der Waals surface area contributed by atoms with Gasteiger partial charge in [-0.15, -0.1) is 0 Å². The number of rotatable bonds is 6. The van der Waals surface area contributed by atoms with Crippen molar-refractivity contribution in [1.82, 2.24) is 24.6 Å². The molecule has 4 aromatic rings. The van der Waals surface area contributed by atoms with Gasteiger partial charge in [0.25, 0.3) is 0 Å². The highest BCUT2D eigenvalue weighted by molar-refractivity contribution is 6.02. The van der Waals surface area contributed by atoms with Gasteiger partial charge in [0.15, 0.2) is 11.4 Å². The van der Waals surface area contributed by atoms with Crippen LogP contribution in [0.5, 0.6) is 17.4 Å². The third-order valence-electron chi connectivity index (χ3n) is 3.90. The quantitative estimate of drug-likeness (QED) is 0.476. The number of Topliss-reactive ketones (excluding diaryl/α,β-unsaturated/α-hetero) is 1. The van der Waals surface area contributed by atoms with E-state index in [9.17, 15) is 9.18 Å². The lowest BCUT2D eigenvalue weighted by Gasteiger charge is -2.09. The molecule has 0 spiro atoms. The van der Waals surface area contributed by atoms with Gasteiger partial charge in [-0.3, -0.25) is 9.78 Å². The summed E-state index contributed by atoms with van der Waals surface area (Å²) in [4.78, 5) is 25.0. The molecular formula is C19H14FN5O3. The summed E-state index contributed by atoms with van der Waals surface area (Å²) in [6.07, 6.45) is 5.38. The number of hydrogen-bond donors (Lipinski definition) is 0. The maximum atomic E-state index is 13.3. The lowest BCUT2D eigenvalue weighted by molar-refractivity contribution is 0.0992. The predicted octanol–water partition coefficient (Wildman–Crippen LogP) is 2.88. The normalized spacial score (nSPS) is 10.8. The van der Waals surface area contributed by atoms with Crippen molar-refractivity contribution in [2.24, 2.45) is 0 Å². The molecule has 8 nitrogen and oxygen atoms in total. The standard InChI is InChI=1S/C19H14FN5O3/c1-27-18-4-2-3-13(24-18)6-17(26)16-7-15(10-25-19(16)22-11-23-25)28-14-5-12(20)8-21-9-14/h2-5,7-11H,6H2,1H3. The van der Waals surface area contributed by atoms with Crippen LogP contribution >= 0.6 is 0 Å². The number of ketones is 1. The van der Waals surface area contributed by atoms with Gasteiger partial charge in [0.2, 0.25) is 5.88 Å². The summed E-state index contributed by atoms with van der Waals surface area (Å²) in [5.41, 5.74) is 1.25. The number of methoxy groups -OCH3 is 1. The molecular weight excluding hydrogens is 365 g/mol. The van der Waals surface area contributed by atoms with E-state index in [0.717, 1.165) is 6.20 Å². The van der Waals surface area contributed by atoms with Crippen LogP contribution in [0, 0.1) is 5.82 Å². The maximum Gasteiger partial charge on any atom is 0.213 e. The average molecular weight is 379 g/mol. The molecule has 0 atom stereocenters. The molecule has 0 aromatic carbocycles. The number of carbonyl (C=O) groups is 1. The van der Waals surface area contributed by atoms with Gasteiger partial charge in [0.1, 0.15) is 23.6 Å². The van der Waals surface area contributed by atoms with Crippen molar-refractivity contribution in [3.05, 3.63) is 72.3 Å². The number of aromatic nitrogens is 5. The van der Waals surface area contributed by atoms with E-state index >= 15 is 0 Å². The summed E-state index contributed by atoms with van der Waals surface area (Å²) in [5, 5.41) is 4.06. The van der Waals surface area contributed by atoms with Gasteiger partial charge in [-0.25, -0.2) is 18.9 Å². The van der Waals surface area contributed by atoms with Crippen LogP contribution in [0.4, 0.5) is 4.39 Å². The van der Waals surface area contributed by atoms with Crippen LogP contribution in [0.1, 0.15) is 16.1 Å². The summed E-state index contributed by atoms with van der Waals surface area (Å²) >= 11 is 0. The molecule has 0 fully saturated rings. The molecule has 0 aliphatic heterocycles. The van der Waals surface area contributed by atoms with E-state index in [1.54, 1.807) is 24.4 Å². The molecule has 0 N–H and O–H groups in total. The highest BCUT2D eigenvalue weighted by Crippen LogP contribution is 2.24. The number of carbonyl (C=O) groups excluding carboxylic acids is 1. The highest BCUT2D eigenvalue weighted by Gasteiger charge is 2.17. The monoisotopic (exact) mass is 379 g/mol. The van der Waals surface area contributed by atoms with Crippen molar-refractivity contribution in [2.75, 3.05) is 7.11 Å². The Labute approximate surface area is 158 Å². The lowest BCUT2D eigenvalue weighted by atomic mass is 10.1. The number of hydrogen-bond acceptors (Lipinski definition) is 7. The van der Waals surface area contributed by atoms with Crippen molar-refractivity contribution in [3.8, 4) is 17.4 Å². The largest absolute Gasteiger partial charge is 0.481 e. The predicted molar refractivity (Wildman–Crippen MR) is 96.1 cm³/mol. The number of halogens is 1. The van der Waals surface area contributed by atoms with Gasteiger partial charge < -0.3 is 9.47 Å². The Hall–Kier alpha value is -3.88. The minimum Gasteiger partial charge on any atom is -0.481 e. The molecule has 0 bridgehead atoms. The number of pyridine rings is 3. The van der Waals surface area contributed by atoms with Crippen molar-refractivity contribution >= 4 is 11.4 Å². The summed E-state index contributed by atoms with van der Waals surface area (Å²) in [6.45, 7) is 0. The molecule has 0 saturated heterocycles. The van der Waals surface area contributed by atoms with E-state index in [-0.39, 0.29) is 18.0 Å². The SMILES string of the molecule is COc1cccc(CC(=O)c2cc(Oc3cncc(F)c3)cn3ncnc23)n1. The Morgan fingerprint density at radius 2 is 2.11 bits per heavy atom. The average Bonchev–Trinajstić information content (AvgIpc) is 3.16. The molecule has 140 valence electrons. The molecule has 4 heterocycles. The van der Waals surface area contributed by atoms with Gasteiger partial charge in [-0.1, -0.05) is 6.07 Å².